The Morgan fingerprint density at radius 2 is 1.71 bits per heavy atom. The van der Waals surface area contributed by atoms with E-state index in [-0.39, 0.29) is 5.91 Å². The van der Waals surface area contributed by atoms with Gasteiger partial charge >= 0.3 is 0 Å². The molecule has 0 aliphatic heterocycles. The molecule has 0 atom stereocenters. The van der Waals surface area contributed by atoms with E-state index >= 15 is 0 Å². The van der Waals surface area contributed by atoms with Crippen molar-refractivity contribution in [2.24, 2.45) is 0 Å². The second-order valence-electron chi connectivity index (χ2n) is 5.30. The molecule has 0 saturated heterocycles. The van der Waals surface area contributed by atoms with Gasteiger partial charge in [0.05, 0.1) is 5.69 Å². The topological polar surface area (TPSA) is 54.0 Å². The first-order valence-corrected chi connectivity index (χ1v) is 8.27. The number of pyridine rings is 1. The first-order valence-electron chi connectivity index (χ1n) is 7.48. The van der Waals surface area contributed by atoms with Crippen molar-refractivity contribution in [2.75, 3.05) is 10.6 Å². The first-order chi connectivity index (χ1) is 11.6. The Labute approximate surface area is 149 Å². The van der Waals surface area contributed by atoms with E-state index in [1.165, 1.54) is 0 Å². The predicted octanol–water partition coefficient (Wildman–Crippen LogP) is 5.15. The van der Waals surface area contributed by atoms with E-state index in [1.807, 2.05) is 61.5 Å². The highest BCUT2D eigenvalue weighted by Crippen LogP contribution is 2.25. The number of hydrogen-bond acceptors (Lipinski definition) is 3. The number of aromatic nitrogens is 1. The smallest absolute Gasteiger partial charge is 0.274 e. The minimum Gasteiger partial charge on any atom is -0.354 e. The number of hydrogen-bond donors (Lipinski definition) is 2. The summed E-state index contributed by atoms with van der Waals surface area (Å²) < 4.78 is 0.952. The zero-order valence-corrected chi connectivity index (χ0v) is 14.7. The summed E-state index contributed by atoms with van der Waals surface area (Å²) in [7, 11) is 0. The number of amides is 1. The summed E-state index contributed by atoms with van der Waals surface area (Å²) in [6.45, 7) is 1.95. The zero-order valence-electron chi connectivity index (χ0n) is 13.1. The molecule has 1 aromatic heterocycles. The Bertz CT molecular complexity index is 880. The van der Waals surface area contributed by atoms with Crippen LogP contribution < -0.4 is 10.6 Å². The highest BCUT2D eigenvalue weighted by Gasteiger charge is 2.10. The Balaban J connectivity index is 1.79. The highest BCUT2D eigenvalue weighted by molar-refractivity contribution is 9.10. The fourth-order valence-electron chi connectivity index (χ4n) is 2.25. The highest BCUT2D eigenvalue weighted by atomic mass is 79.9. The number of halogens is 1. The number of nitrogens with zero attached hydrogens (tertiary/aromatic N) is 1. The largest absolute Gasteiger partial charge is 0.354 e. The fraction of sp³-hybridized carbons (Fsp3) is 0.0526. The van der Waals surface area contributed by atoms with Crippen molar-refractivity contribution >= 4 is 38.9 Å². The van der Waals surface area contributed by atoms with Gasteiger partial charge in [-0.2, -0.15) is 0 Å². The third-order valence-electron chi connectivity index (χ3n) is 3.54. The molecule has 3 rings (SSSR count). The number of carbonyl (C=O) groups is 1. The molecule has 3 aromatic rings. The molecule has 24 heavy (non-hydrogen) atoms. The lowest BCUT2D eigenvalue weighted by Gasteiger charge is -2.10. The summed E-state index contributed by atoms with van der Waals surface area (Å²) in [5, 5.41) is 6.17. The average molecular weight is 382 g/mol. The summed E-state index contributed by atoms with van der Waals surface area (Å²) in [6, 6.07) is 19.0. The number of para-hydroxylation sites is 2. The maximum Gasteiger partial charge on any atom is 0.274 e. The number of carbonyl (C=O) groups excluding carboxylic acids is 1. The molecular weight excluding hydrogens is 366 g/mol. The van der Waals surface area contributed by atoms with Gasteiger partial charge in [-0.15, -0.1) is 0 Å². The first kappa shape index (κ1) is 16.2. The molecule has 4 nitrogen and oxygen atoms in total. The van der Waals surface area contributed by atoms with E-state index in [2.05, 4.69) is 31.5 Å². The van der Waals surface area contributed by atoms with Gasteiger partial charge in [0.1, 0.15) is 5.69 Å². The number of nitrogens with one attached hydrogen (secondary N) is 2. The minimum absolute atomic E-state index is 0.236. The Hall–Kier alpha value is -2.66. The van der Waals surface area contributed by atoms with Crippen LogP contribution in [0.2, 0.25) is 0 Å². The van der Waals surface area contributed by atoms with Gasteiger partial charge in [0.25, 0.3) is 5.91 Å². The van der Waals surface area contributed by atoms with Crippen LogP contribution in [0.25, 0.3) is 0 Å². The lowest BCUT2D eigenvalue weighted by molar-refractivity contribution is 0.102. The molecule has 1 heterocycles. The summed E-state index contributed by atoms with van der Waals surface area (Å²) in [6.07, 6.45) is 1.62. The normalized spacial score (nSPS) is 10.2. The molecule has 5 heteroatoms. The van der Waals surface area contributed by atoms with Gasteiger partial charge in [0, 0.05) is 22.0 Å². The molecule has 0 bridgehead atoms. The molecule has 120 valence electrons. The molecular formula is C19H16BrN3O. The van der Waals surface area contributed by atoms with Crippen LogP contribution in [0.15, 0.2) is 71.3 Å². The number of aryl methyl sites for hydroxylation is 1. The number of rotatable bonds is 4. The molecule has 0 aliphatic carbocycles. The van der Waals surface area contributed by atoms with E-state index < -0.39 is 0 Å². The minimum atomic E-state index is -0.236. The van der Waals surface area contributed by atoms with Crippen LogP contribution in [0.5, 0.6) is 0 Å². The molecule has 0 unspecified atom stereocenters. The zero-order chi connectivity index (χ0) is 16.9. The molecule has 1 amide bonds. The summed E-state index contributed by atoms with van der Waals surface area (Å²) >= 11 is 3.50. The van der Waals surface area contributed by atoms with Crippen LogP contribution >= 0.6 is 15.9 Å². The van der Waals surface area contributed by atoms with Crippen LogP contribution in [0.1, 0.15) is 16.1 Å². The standard InChI is InChI=1S/C19H16BrN3O/c1-13-6-2-4-8-16(13)23-19(24)18-12-14(10-11-21-18)22-17-9-5-3-7-15(17)20/h2-12H,1H3,(H,21,22)(H,23,24). The van der Waals surface area contributed by atoms with Crippen LogP contribution in [0.3, 0.4) is 0 Å². The van der Waals surface area contributed by atoms with Gasteiger partial charge in [-0.05, 0) is 58.7 Å². The van der Waals surface area contributed by atoms with Crippen molar-refractivity contribution in [1.29, 1.82) is 0 Å². The van der Waals surface area contributed by atoms with E-state index in [9.17, 15) is 4.79 Å². The molecule has 2 N–H and O–H groups in total. The second-order valence-corrected chi connectivity index (χ2v) is 6.16. The SMILES string of the molecule is Cc1ccccc1NC(=O)c1cc(Nc2ccccc2Br)ccn1. The van der Waals surface area contributed by atoms with E-state index in [1.54, 1.807) is 12.3 Å². The van der Waals surface area contributed by atoms with Gasteiger partial charge in [0.15, 0.2) is 0 Å². The Morgan fingerprint density at radius 3 is 2.46 bits per heavy atom. The average Bonchev–Trinajstić information content (AvgIpc) is 2.59. The quantitative estimate of drug-likeness (QED) is 0.656. The third kappa shape index (κ3) is 3.81. The van der Waals surface area contributed by atoms with Crippen LogP contribution in [0, 0.1) is 6.92 Å². The maximum absolute atomic E-state index is 12.4. The molecule has 2 aromatic carbocycles. The van der Waals surface area contributed by atoms with E-state index in [0.717, 1.165) is 27.1 Å². The van der Waals surface area contributed by atoms with Crippen molar-refractivity contribution in [3.8, 4) is 0 Å². The van der Waals surface area contributed by atoms with E-state index in [4.69, 9.17) is 0 Å². The van der Waals surface area contributed by atoms with Crippen molar-refractivity contribution in [3.05, 3.63) is 82.6 Å². The molecule has 0 aliphatic rings. The van der Waals surface area contributed by atoms with Crippen LogP contribution in [-0.2, 0) is 0 Å². The van der Waals surface area contributed by atoms with Gasteiger partial charge in [-0.25, -0.2) is 0 Å². The molecule has 0 radical (unpaired) electrons. The summed E-state index contributed by atoms with van der Waals surface area (Å²) in [4.78, 5) is 16.6. The Kier molecular flexibility index (Phi) is 4.91. The lowest BCUT2D eigenvalue weighted by atomic mass is 10.2. The lowest BCUT2D eigenvalue weighted by Crippen LogP contribution is -2.14. The van der Waals surface area contributed by atoms with Crippen molar-refractivity contribution in [2.45, 2.75) is 6.92 Å². The number of anilines is 3. The fourth-order valence-corrected chi connectivity index (χ4v) is 2.63. The van der Waals surface area contributed by atoms with Crippen molar-refractivity contribution in [3.63, 3.8) is 0 Å². The van der Waals surface area contributed by atoms with Crippen molar-refractivity contribution < 1.29 is 4.79 Å². The van der Waals surface area contributed by atoms with Crippen LogP contribution in [0.4, 0.5) is 17.1 Å². The predicted molar refractivity (Wildman–Crippen MR) is 101 cm³/mol. The van der Waals surface area contributed by atoms with Gasteiger partial charge in [-0.1, -0.05) is 30.3 Å². The van der Waals surface area contributed by atoms with Gasteiger partial charge in [0.2, 0.25) is 0 Å². The molecule has 0 saturated carbocycles. The maximum atomic E-state index is 12.4. The second kappa shape index (κ2) is 7.27. The third-order valence-corrected chi connectivity index (χ3v) is 4.23. The number of benzene rings is 2. The summed E-state index contributed by atoms with van der Waals surface area (Å²) in [5.41, 5.74) is 3.87. The molecule has 0 fully saturated rings. The Morgan fingerprint density at radius 1 is 1.00 bits per heavy atom. The van der Waals surface area contributed by atoms with E-state index in [0.29, 0.717) is 5.69 Å². The summed E-state index contributed by atoms with van der Waals surface area (Å²) in [5.74, 6) is -0.236. The van der Waals surface area contributed by atoms with Gasteiger partial charge < -0.3 is 10.6 Å². The van der Waals surface area contributed by atoms with Crippen LogP contribution in [-0.4, -0.2) is 10.9 Å². The molecule has 0 spiro atoms. The monoisotopic (exact) mass is 381 g/mol. The van der Waals surface area contributed by atoms with Crippen molar-refractivity contribution in [1.82, 2.24) is 4.98 Å². The van der Waals surface area contributed by atoms with Gasteiger partial charge in [-0.3, -0.25) is 9.78 Å².